The third-order valence-electron chi connectivity index (χ3n) is 5.70. The topological polar surface area (TPSA) is 111 Å². The molecule has 1 N–H and O–H groups in total. The smallest absolute Gasteiger partial charge is 0.293 e. The van der Waals surface area contributed by atoms with Crippen molar-refractivity contribution < 1.29 is 18.9 Å². The highest BCUT2D eigenvalue weighted by Gasteiger charge is 2.23. The predicted molar refractivity (Wildman–Crippen MR) is 128 cm³/mol. The van der Waals surface area contributed by atoms with Crippen LogP contribution in [0.3, 0.4) is 0 Å². The summed E-state index contributed by atoms with van der Waals surface area (Å²) in [7, 11) is 0. The Kier molecular flexibility index (Phi) is 5.69. The average molecular weight is 458 g/mol. The Morgan fingerprint density at radius 2 is 1.91 bits per heavy atom. The zero-order chi connectivity index (χ0) is 23.7. The van der Waals surface area contributed by atoms with Crippen molar-refractivity contribution >= 4 is 34.1 Å². The van der Waals surface area contributed by atoms with Crippen molar-refractivity contribution in [1.82, 2.24) is 4.98 Å². The highest BCUT2D eigenvalue weighted by molar-refractivity contribution is 6.05. The number of carbonyl (C=O) groups is 1. The molecule has 4 aromatic rings. The lowest BCUT2D eigenvalue weighted by Crippen LogP contribution is -2.36. The Bertz CT molecular complexity index is 1390. The van der Waals surface area contributed by atoms with Gasteiger partial charge < -0.3 is 19.4 Å². The van der Waals surface area contributed by atoms with E-state index in [4.69, 9.17) is 9.15 Å². The minimum atomic E-state index is -0.462. The van der Waals surface area contributed by atoms with E-state index in [1.165, 1.54) is 6.07 Å². The van der Waals surface area contributed by atoms with Gasteiger partial charge in [-0.25, -0.2) is 4.98 Å². The molecule has 9 heteroatoms. The van der Waals surface area contributed by atoms with Crippen LogP contribution < -0.4 is 10.2 Å². The number of oxazole rings is 1. The molecule has 2 heterocycles. The Hall–Kier alpha value is -4.24. The molecule has 5 rings (SSSR count). The first-order chi connectivity index (χ1) is 16.5. The van der Waals surface area contributed by atoms with Crippen LogP contribution in [0.5, 0.6) is 0 Å². The van der Waals surface area contributed by atoms with Crippen LogP contribution in [0.15, 0.2) is 65.1 Å². The Balaban J connectivity index is 1.38. The van der Waals surface area contributed by atoms with Gasteiger partial charge >= 0.3 is 0 Å². The third kappa shape index (κ3) is 4.33. The summed E-state index contributed by atoms with van der Waals surface area (Å²) in [6.07, 6.45) is 0. The number of nitrogens with zero attached hydrogens (tertiary/aromatic N) is 3. The summed E-state index contributed by atoms with van der Waals surface area (Å²) in [5.41, 5.74) is 4.26. The maximum atomic E-state index is 12.9. The summed E-state index contributed by atoms with van der Waals surface area (Å²) >= 11 is 0. The lowest BCUT2D eigenvalue weighted by atomic mass is 10.1. The molecule has 1 fully saturated rings. The van der Waals surface area contributed by atoms with E-state index in [0.717, 1.165) is 11.1 Å². The molecule has 1 aromatic heterocycles. The van der Waals surface area contributed by atoms with Gasteiger partial charge in [0.1, 0.15) is 11.2 Å². The van der Waals surface area contributed by atoms with Gasteiger partial charge in [0.15, 0.2) is 5.58 Å². The van der Waals surface area contributed by atoms with Crippen molar-refractivity contribution in [2.45, 2.75) is 6.92 Å². The largest absolute Gasteiger partial charge is 0.436 e. The van der Waals surface area contributed by atoms with Crippen LogP contribution in [0.4, 0.5) is 17.1 Å². The van der Waals surface area contributed by atoms with Gasteiger partial charge in [0.25, 0.3) is 11.6 Å². The molecule has 1 amide bonds. The van der Waals surface area contributed by atoms with Crippen LogP contribution in [0.2, 0.25) is 0 Å². The fourth-order valence-electron chi connectivity index (χ4n) is 3.99. The zero-order valence-electron chi connectivity index (χ0n) is 18.5. The van der Waals surface area contributed by atoms with Crippen LogP contribution >= 0.6 is 0 Å². The summed E-state index contributed by atoms with van der Waals surface area (Å²) < 4.78 is 11.2. The summed E-state index contributed by atoms with van der Waals surface area (Å²) in [6, 6.07) is 17.5. The quantitative estimate of drug-likeness (QED) is 0.338. The molecule has 1 saturated heterocycles. The Morgan fingerprint density at radius 3 is 2.68 bits per heavy atom. The number of aryl methyl sites for hydroxylation is 1. The SMILES string of the molecule is Cc1cccc(-c2nc3cc(NC(=O)c4ccc(N5CCOCC5)c([N+](=O)[O-])c4)ccc3o2)c1. The van der Waals surface area contributed by atoms with Crippen molar-refractivity contribution in [2.75, 3.05) is 36.5 Å². The molecule has 0 unspecified atom stereocenters. The first kappa shape index (κ1) is 21.6. The maximum Gasteiger partial charge on any atom is 0.293 e. The van der Waals surface area contributed by atoms with Crippen molar-refractivity contribution in [3.05, 3.63) is 81.9 Å². The molecule has 0 atom stereocenters. The second kappa shape index (κ2) is 8.95. The number of anilines is 2. The molecule has 1 aliphatic rings. The van der Waals surface area contributed by atoms with E-state index < -0.39 is 10.8 Å². The highest BCUT2D eigenvalue weighted by Crippen LogP contribution is 2.31. The van der Waals surface area contributed by atoms with E-state index in [-0.39, 0.29) is 11.3 Å². The third-order valence-corrected chi connectivity index (χ3v) is 5.70. The van der Waals surface area contributed by atoms with Crippen molar-refractivity contribution in [2.24, 2.45) is 0 Å². The molecule has 9 nitrogen and oxygen atoms in total. The van der Waals surface area contributed by atoms with Gasteiger partial charge in [-0.15, -0.1) is 0 Å². The molecule has 0 aliphatic carbocycles. The monoisotopic (exact) mass is 458 g/mol. The van der Waals surface area contributed by atoms with Crippen LogP contribution in [0.1, 0.15) is 15.9 Å². The molecule has 0 spiro atoms. The number of nitro groups is 1. The van der Waals surface area contributed by atoms with E-state index in [0.29, 0.717) is 54.7 Å². The van der Waals surface area contributed by atoms with Crippen molar-refractivity contribution in [3.8, 4) is 11.5 Å². The van der Waals surface area contributed by atoms with E-state index in [1.807, 2.05) is 36.1 Å². The first-order valence-corrected chi connectivity index (χ1v) is 10.9. The summed E-state index contributed by atoms with van der Waals surface area (Å²) in [6.45, 7) is 4.14. The lowest BCUT2D eigenvalue weighted by molar-refractivity contribution is -0.384. The van der Waals surface area contributed by atoms with Crippen LogP contribution in [-0.2, 0) is 4.74 Å². The van der Waals surface area contributed by atoms with Gasteiger partial charge in [0.2, 0.25) is 5.89 Å². The first-order valence-electron chi connectivity index (χ1n) is 10.9. The van der Waals surface area contributed by atoms with E-state index >= 15 is 0 Å². The number of hydrogen-bond donors (Lipinski definition) is 1. The number of hydrogen-bond acceptors (Lipinski definition) is 7. The molecule has 0 radical (unpaired) electrons. The average Bonchev–Trinajstić information content (AvgIpc) is 3.28. The summed E-state index contributed by atoms with van der Waals surface area (Å²) in [4.78, 5) is 30.5. The second-order valence-electron chi connectivity index (χ2n) is 8.09. The fourth-order valence-corrected chi connectivity index (χ4v) is 3.99. The molecule has 0 saturated carbocycles. The Labute approximate surface area is 195 Å². The fraction of sp³-hybridized carbons (Fsp3) is 0.200. The van der Waals surface area contributed by atoms with Crippen molar-refractivity contribution in [1.29, 1.82) is 0 Å². The number of morpholine rings is 1. The predicted octanol–water partition coefficient (Wildman–Crippen LogP) is 4.80. The number of fused-ring (bicyclic) bond motifs is 1. The van der Waals surface area contributed by atoms with E-state index in [2.05, 4.69) is 10.3 Å². The number of rotatable bonds is 5. The van der Waals surface area contributed by atoms with Crippen LogP contribution in [0, 0.1) is 17.0 Å². The minimum absolute atomic E-state index is 0.107. The molecular formula is C25H22N4O5. The van der Waals surface area contributed by atoms with E-state index in [9.17, 15) is 14.9 Å². The second-order valence-corrected chi connectivity index (χ2v) is 8.09. The number of benzene rings is 3. The summed E-state index contributed by atoms with van der Waals surface area (Å²) in [5, 5.41) is 14.5. The molecule has 0 bridgehead atoms. The zero-order valence-corrected chi connectivity index (χ0v) is 18.5. The number of aromatic nitrogens is 1. The number of nitrogens with one attached hydrogen (secondary N) is 1. The summed E-state index contributed by atoms with van der Waals surface area (Å²) in [5.74, 6) is 0.0508. The van der Waals surface area contributed by atoms with Gasteiger partial charge in [0, 0.05) is 36.0 Å². The molecule has 172 valence electrons. The molecule has 1 aliphatic heterocycles. The van der Waals surface area contributed by atoms with Gasteiger partial charge in [-0.3, -0.25) is 14.9 Å². The number of ether oxygens (including phenoxy) is 1. The van der Waals surface area contributed by atoms with E-state index in [1.54, 1.807) is 30.3 Å². The van der Waals surface area contributed by atoms with Crippen molar-refractivity contribution in [3.63, 3.8) is 0 Å². The molecule has 3 aromatic carbocycles. The standard InChI is InChI=1S/C25H22N4O5/c1-16-3-2-4-18(13-16)25-27-20-15-19(6-8-23(20)34-25)26-24(30)17-5-7-21(22(14-17)29(31)32)28-9-11-33-12-10-28/h2-8,13-15H,9-12H2,1H3,(H,26,30). The maximum absolute atomic E-state index is 12.9. The molecular weight excluding hydrogens is 436 g/mol. The number of nitro benzene ring substituents is 1. The number of amides is 1. The van der Waals surface area contributed by atoms with Gasteiger partial charge in [0.05, 0.1) is 18.1 Å². The van der Waals surface area contributed by atoms with Gasteiger partial charge in [-0.1, -0.05) is 17.7 Å². The number of carbonyl (C=O) groups excluding carboxylic acids is 1. The van der Waals surface area contributed by atoms with Crippen LogP contribution in [0.25, 0.3) is 22.6 Å². The minimum Gasteiger partial charge on any atom is -0.436 e. The normalized spacial score (nSPS) is 13.7. The van der Waals surface area contributed by atoms with Crippen LogP contribution in [-0.4, -0.2) is 42.1 Å². The Morgan fingerprint density at radius 1 is 1.09 bits per heavy atom. The lowest BCUT2D eigenvalue weighted by Gasteiger charge is -2.28. The molecule has 34 heavy (non-hydrogen) atoms. The van der Waals surface area contributed by atoms with Gasteiger partial charge in [-0.05, 0) is 49.4 Å². The highest BCUT2D eigenvalue weighted by atomic mass is 16.6. The van der Waals surface area contributed by atoms with Gasteiger partial charge in [-0.2, -0.15) is 0 Å².